The number of rotatable bonds is 6. The van der Waals surface area contributed by atoms with Gasteiger partial charge in [0.05, 0.1) is 0 Å². The number of carbonyl (C=O) groups is 1. The smallest absolute Gasteiger partial charge is 0.225 e. The molecular formula is C20H25NO2S. The number of hydrogen-bond acceptors (Lipinski definition) is 2. The second-order valence-corrected chi connectivity index (χ2v) is 8.22. The number of hydrogen-bond donors (Lipinski definition) is 1. The molecule has 0 aliphatic rings. The normalized spacial score (nSPS) is 12.7. The van der Waals surface area contributed by atoms with E-state index in [4.69, 9.17) is 0 Å². The van der Waals surface area contributed by atoms with Crippen LogP contribution in [0.1, 0.15) is 37.0 Å². The minimum Gasteiger partial charge on any atom is -0.326 e. The van der Waals surface area contributed by atoms with Gasteiger partial charge in [-0.3, -0.25) is 9.00 Å². The Labute approximate surface area is 146 Å². The Morgan fingerprint density at radius 1 is 1.08 bits per heavy atom. The summed E-state index contributed by atoms with van der Waals surface area (Å²) in [4.78, 5) is 12.5. The van der Waals surface area contributed by atoms with Gasteiger partial charge in [0, 0.05) is 34.9 Å². The van der Waals surface area contributed by atoms with Gasteiger partial charge in [-0.1, -0.05) is 56.3 Å². The lowest BCUT2D eigenvalue weighted by atomic mass is 9.81. The summed E-state index contributed by atoms with van der Waals surface area (Å²) in [6.45, 7) is 6.11. The molecular weight excluding hydrogens is 318 g/mol. The third-order valence-electron chi connectivity index (χ3n) is 4.24. The van der Waals surface area contributed by atoms with Gasteiger partial charge in [-0.05, 0) is 35.1 Å². The monoisotopic (exact) mass is 343 g/mol. The number of nitrogens with one attached hydrogen (secondary N) is 1. The van der Waals surface area contributed by atoms with Crippen LogP contribution in [0, 0.1) is 6.92 Å². The van der Waals surface area contributed by atoms with Crippen molar-refractivity contribution in [2.24, 2.45) is 0 Å². The van der Waals surface area contributed by atoms with Gasteiger partial charge in [-0.15, -0.1) is 0 Å². The van der Waals surface area contributed by atoms with Crippen LogP contribution in [0.5, 0.6) is 0 Å². The van der Waals surface area contributed by atoms with E-state index >= 15 is 0 Å². The van der Waals surface area contributed by atoms with Gasteiger partial charge in [-0.2, -0.15) is 0 Å². The van der Waals surface area contributed by atoms with E-state index in [0.717, 1.165) is 22.4 Å². The summed E-state index contributed by atoms with van der Waals surface area (Å²) in [5.41, 5.74) is 3.70. The third kappa shape index (κ3) is 4.78. The van der Waals surface area contributed by atoms with Gasteiger partial charge in [-0.25, -0.2) is 0 Å². The minimum absolute atomic E-state index is 0.0123. The van der Waals surface area contributed by atoms with Gasteiger partial charge in [0.1, 0.15) is 0 Å². The highest BCUT2D eigenvalue weighted by Crippen LogP contribution is 2.28. The van der Waals surface area contributed by atoms with Crippen molar-refractivity contribution in [3.8, 4) is 0 Å². The number of amides is 1. The molecule has 3 nitrogen and oxygen atoms in total. The topological polar surface area (TPSA) is 46.2 Å². The van der Waals surface area contributed by atoms with E-state index in [2.05, 4.69) is 31.3 Å². The van der Waals surface area contributed by atoms with Crippen molar-refractivity contribution < 1.29 is 9.00 Å². The van der Waals surface area contributed by atoms with Gasteiger partial charge in [0.15, 0.2) is 0 Å². The summed E-state index contributed by atoms with van der Waals surface area (Å²) >= 11 is 0. The molecule has 0 heterocycles. The van der Waals surface area contributed by atoms with E-state index in [1.54, 1.807) is 6.26 Å². The molecule has 0 spiro atoms. The van der Waals surface area contributed by atoms with E-state index in [1.165, 1.54) is 0 Å². The van der Waals surface area contributed by atoms with Crippen LogP contribution < -0.4 is 5.32 Å². The quantitative estimate of drug-likeness (QED) is 0.855. The molecule has 1 N–H and O–H groups in total. The first-order valence-electron chi connectivity index (χ1n) is 8.03. The molecule has 0 aliphatic carbocycles. The molecule has 0 unspecified atom stereocenters. The highest BCUT2D eigenvalue weighted by atomic mass is 32.2. The maximum atomic E-state index is 12.5. The zero-order valence-corrected chi connectivity index (χ0v) is 15.6. The second kappa shape index (κ2) is 7.75. The maximum absolute atomic E-state index is 12.5. The first kappa shape index (κ1) is 18.4. The van der Waals surface area contributed by atoms with Crippen molar-refractivity contribution in [1.29, 1.82) is 0 Å². The highest BCUT2D eigenvalue weighted by molar-refractivity contribution is 7.83. The van der Waals surface area contributed by atoms with Crippen molar-refractivity contribution in [2.75, 3.05) is 11.6 Å². The molecule has 0 saturated carbocycles. The number of anilines is 1. The van der Waals surface area contributed by atoms with Crippen LogP contribution in [0.25, 0.3) is 0 Å². The van der Waals surface area contributed by atoms with Crippen LogP contribution in [-0.2, 0) is 26.8 Å². The summed E-state index contributed by atoms with van der Waals surface area (Å²) in [7, 11) is -0.901. The SMILES string of the molecule is Cc1c(C[S@@](C)=O)cccc1NC(=O)CC(C)(C)c1ccccc1. The van der Waals surface area contributed by atoms with Crippen molar-refractivity contribution in [1.82, 2.24) is 0 Å². The van der Waals surface area contributed by atoms with Gasteiger partial charge in [0.2, 0.25) is 5.91 Å². The fourth-order valence-corrected chi connectivity index (χ4v) is 3.53. The standard InChI is InChI=1S/C20H25NO2S/c1-15-16(14-24(4)23)9-8-12-18(15)21-19(22)13-20(2,3)17-10-6-5-7-11-17/h5-12H,13-14H2,1-4H3,(H,21,22)/t24-/m1/s1. The van der Waals surface area contributed by atoms with Crippen LogP contribution in [0.3, 0.4) is 0 Å². The maximum Gasteiger partial charge on any atom is 0.225 e. The van der Waals surface area contributed by atoms with E-state index in [9.17, 15) is 9.00 Å². The fraction of sp³-hybridized carbons (Fsp3) is 0.350. The lowest BCUT2D eigenvalue weighted by Gasteiger charge is -2.25. The predicted molar refractivity (Wildman–Crippen MR) is 102 cm³/mol. The Morgan fingerprint density at radius 2 is 1.75 bits per heavy atom. The molecule has 0 fully saturated rings. The molecule has 1 atom stereocenters. The molecule has 0 radical (unpaired) electrons. The molecule has 0 aliphatic heterocycles. The summed E-state index contributed by atoms with van der Waals surface area (Å²) in [6, 6.07) is 15.8. The van der Waals surface area contributed by atoms with Crippen molar-refractivity contribution >= 4 is 22.4 Å². The Morgan fingerprint density at radius 3 is 2.38 bits per heavy atom. The number of benzene rings is 2. The lowest BCUT2D eigenvalue weighted by Crippen LogP contribution is -2.26. The molecule has 1 amide bonds. The highest BCUT2D eigenvalue weighted by Gasteiger charge is 2.24. The van der Waals surface area contributed by atoms with Crippen LogP contribution in [0.2, 0.25) is 0 Å². The molecule has 0 aromatic heterocycles. The minimum atomic E-state index is -0.901. The largest absolute Gasteiger partial charge is 0.326 e. The average Bonchev–Trinajstić information content (AvgIpc) is 2.51. The zero-order valence-electron chi connectivity index (χ0n) is 14.8. The van der Waals surface area contributed by atoms with Crippen LogP contribution in [0.15, 0.2) is 48.5 Å². The van der Waals surface area contributed by atoms with Gasteiger partial charge >= 0.3 is 0 Å². The first-order chi connectivity index (χ1) is 11.3. The molecule has 4 heteroatoms. The predicted octanol–water partition coefficient (Wildman–Crippen LogP) is 4.18. The van der Waals surface area contributed by atoms with Crippen LogP contribution in [0.4, 0.5) is 5.69 Å². The molecule has 2 aromatic carbocycles. The summed E-state index contributed by atoms with van der Waals surface area (Å²) in [5.74, 6) is 0.493. The molecule has 128 valence electrons. The molecule has 0 saturated heterocycles. The molecule has 0 bridgehead atoms. The average molecular weight is 343 g/mol. The van der Waals surface area contributed by atoms with E-state index in [0.29, 0.717) is 12.2 Å². The molecule has 24 heavy (non-hydrogen) atoms. The van der Waals surface area contributed by atoms with E-state index < -0.39 is 10.8 Å². The summed E-state index contributed by atoms with van der Waals surface area (Å²) in [5, 5.41) is 3.01. The van der Waals surface area contributed by atoms with Crippen LogP contribution >= 0.6 is 0 Å². The van der Waals surface area contributed by atoms with E-state index in [-0.39, 0.29) is 11.3 Å². The first-order valence-corrected chi connectivity index (χ1v) is 9.76. The second-order valence-electron chi connectivity index (χ2n) is 6.78. The van der Waals surface area contributed by atoms with Crippen molar-refractivity contribution in [2.45, 2.75) is 38.4 Å². The van der Waals surface area contributed by atoms with Crippen molar-refractivity contribution in [3.63, 3.8) is 0 Å². The van der Waals surface area contributed by atoms with Gasteiger partial charge < -0.3 is 5.32 Å². The fourth-order valence-electron chi connectivity index (χ4n) is 2.78. The van der Waals surface area contributed by atoms with Crippen LogP contribution in [-0.4, -0.2) is 16.4 Å². The Hall–Kier alpha value is -1.94. The summed E-state index contributed by atoms with van der Waals surface area (Å²) in [6.07, 6.45) is 2.09. The molecule has 2 rings (SSSR count). The Bertz CT molecular complexity index is 739. The Balaban J connectivity index is 2.11. The zero-order chi connectivity index (χ0) is 17.7. The molecule has 2 aromatic rings. The van der Waals surface area contributed by atoms with Crippen molar-refractivity contribution in [3.05, 3.63) is 65.2 Å². The van der Waals surface area contributed by atoms with E-state index in [1.807, 2.05) is 43.3 Å². The summed E-state index contributed by atoms with van der Waals surface area (Å²) < 4.78 is 11.5. The third-order valence-corrected chi connectivity index (χ3v) is 4.95. The number of carbonyl (C=O) groups excluding carboxylic acids is 1. The lowest BCUT2D eigenvalue weighted by molar-refractivity contribution is -0.117. The Kier molecular flexibility index (Phi) is 5.94. The van der Waals surface area contributed by atoms with Gasteiger partial charge in [0.25, 0.3) is 0 Å².